The van der Waals surface area contributed by atoms with E-state index in [1.807, 2.05) is 31.2 Å². The molecule has 3 heterocycles. The summed E-state index contributed by atoms with van der Waals surface area (Å²) < 4.78 is 11.9. The molecule has 4 rings (SSSR count). The summed E-state index contributed by atoms with van der Waals surface area (Å²) >= 11 is 7.57. The van der Waals surface area contributed by atoms with Gasteiger partial charge in [0, 0.05) is 12.5 Å². The Morgan fingerprint density at radius 2 is 2.07 bits per heavy atom. The molecule has 0 saturated carbocycles. The number of nitrogens with one attached hydrogen (secondary N) is 1. The Balaban J connectivity index is 1.88. The summed E-state index contributed by atoms with van der Waals surface area (Å²) in [5.74, 6) is 1.33. The van der Waals surface area contributed by atoms with Crippen LogP contribution < -0.4 is 5.32 Å². The van der Waals surface area contributed by atoms with Crippen LogP contribution in [0, 0.1) is 6.92 Å². The van der Waals surface area contributed by atoms with Crippen LogP contribution in [0.25, 0.3) is 20.8 Å². The van der Waals surface area contributed by atoms with Gasteiger partial charge in [-0.15, -0.1) is 11.3 Å². The standard InChI is InChI=1S/C20H17ClN4O3S/c1-4-14-23-13(21)9-15(24-14)25-18-17(16(10(2)28-18)20(26)27-3)19-22-11-7-5-6-8-12(11)29-19/h5-9H,4H2,1-3H3,(H,23,24,25). The molecule has 0 aliphatic rings. The predicted molar refractivity (Wildman–Crippen MR) is 113 cm³/mol. The molecule has 0 atom stereocenters. The van der Waals surface area contributed by atoms with Crippen LogP contribution in [0.2, 0.25) is 5.15 Å². The summed E-state index contributed by atoms with van der Waals surface area (Å²) in [7, 11) is 1.34. The van der Waals surface area contributed by atoms with Crippen molar-refractivity contribution in [2.45, 2.75) is 20.3 Å². The average Bonchev–Trinajstić information content (AvgIpc) is 3.27. The number of ether oxygens (including phenoxy) is 1. The largest absolute Gasteiger partial charge is 0.465 e. The van der Waals surface area contributed by atoms with Crippen LogP contribution in [0.4, 0.5) is 11.7 Å². The van der Waals surface area contributed by atoms with Crippen molar-refractivity contribution in [1.82, 2.24) is 15.0 Å². The maximum Gasteiger partial charge on any atom is 0.342 e. The zero-order valence-electron chi connectivity index (χ0n) is 15.9. The number of furan rings is 1. The summed E-state index contributed by atoms with van der Waals surface area (Å²) in [6.45, 7) is 3.65. The lowest BCUT2D eigenvalue weighted by Gasteiger charge is -2.07. The number of anilines is 2. The lowest BCUT2D eigenvalue weighted by Crippen LogP contribution is -2.04. The maximum atomic E-state index is 12.5. The number of hydrogen-bond donors (Lipinski definition) is 1. The van der Waals surface area contributed by atoms with Crippen molar-refractivity contribution in [2.75, 3.05) is 12.4 Å². The van der Waals surface area contributed by atoms with Gasteiger partial charge >= 0.3 is 5.97 Å². The molecule has 0 fully saturated rings. The SMILES string of the molecule is CCc1nc(Cl)cc(Nc2oc(C)c(C(=O)OC)c2-c2nc3ccccc3s2)n1. The summed E-state index contributed by atoms with van der Waals surface area (Å²) in [4.78, 5) is 25.8. The second kappa shape index (κ2) is 7.81. The van der Waals surface area contributed by atoms with Crippen LogP contribution in [0.1, 0.15) is 28.9 Å². The highest BCUT2D eigenvalue weighted by molar-refractivity contribution is 7.21. The van der Waals surface area contributed by atoms with E-state index in [0.29, 0.717) is 51.0 Å². The Morgan fingerprint density at radius 1 is 1.28 bits per heavy atom. The molecule has 0 aliphatic heterocycles. The van der Waals surface area contributed by atoms with E-state index in [1.54, 1.807) is 13.0 Å². The number of aromatic nitrogens is 3. The molecular weight excluding hydrogens is 412 g/mol. The highest BCUT2D eigenvalue weighted by Gasteiger charge is 2.28. The lowest BCUT2D eigenvalue weighted by atomic mass is 10.1. The number of carbonyl (C=O) groups is 1. The normalized spacial score (nSPS) is 11.0. The molecule has 29 heavy (non-hydrogen) atoms. The molecule has 0 aliphatic carbocycles. The minimum atomic E-state index is -0.497. The monoisotopic (exact) mass is 428 g/mol. The van der Waals surface area contributed by atoms with E-state index in [0.717, 1.165) is 10.2 Å². The zero-order valence-corrected chi connectivity index (χ0v) is 17.5. The first-order chi connectivity index (χ1) is 14.0. The fraction of sp³-hybridized carbons (Fsp3) is 0.200. The molecule has 1 N–H and O–H groups in total. The van der Waals surface area contributed by atoms with Crippen molar-refractivity contribution >= 4 is 50.8 Å². The summed E-state index contributed by atoms with van der Waals surface area (Å²) in [6.07, 6.45) is 0.630. The van der Waals surface area contributed by atoms with E-state index < -0.39 is 5.97 Å². The van der Waals surface area contributed by atoms with E-state index in [-0.39, 0.29) is 0 Å². The molecule has 148 valence electrons. The second-order valence-corrected chi connectivity index (χ2v) is 7.60. The number of halogens is 1. The Hall–Kier alpha value is -2.97. The number of carbonyl (C=O) groups excluding carboxylic acids is 1. The third kappa shape index (κ3) is 3.68. The van der Waals surface area contributed by atoms with Crippen molar-refractivity contribution in [3.8, 4) is 10.6 Å². The summed E-state index contributed by atoms with van der Waals surface area (Å²) in [6, 6.07) is 9.36. The molecule has 0 amide bonds. The van der Waals surface area contributed by atoms with Crippen LogP contribution in [0.5, 0.6) is 0 Å². The van der Waals surface area contributed by atoms with E-state index >= 15 is 0 Å². The number of rotatable bonds is 5. The fourth-order valence-electron chi connectivity index (χ4n) is 2.97. The quantitative estimate of drug-likeness (QED) is 0.336. The molecule has 0 radical (unpaired) electrons. The van der Waals surface area contributed by atoms with Crippen molar-refractivity contribution in [3.05, 3.63) is 52.6 Å². The van der Waals surface area contributed by atoms with Gasteiger partial charge in [-0.05, 0) is 19.1 Å². The van der Waals surface area contributed by atoms with Crippen LogP contribution in [0.3, 0.4) is 0 Å². The molecule has 3 aromatic heterocycles. The van der Waals surface area contributed by atoms with Gasteiger partial charge in [-0.3, -0.25) is 0 Å². The molecule has 4 aromatic rings. The number of nitrogens with zero attached hydrogens (tertiary/aromatic N) is 3. The van der Waals surface area contributed by atoms with Gasteiger partial charge in [0.05, 0.1) is 22.9 Å². The first-order valence-corrected chi connectivity index (χ1v) is 10.1. The number of benzene rings is 1. The fourth-order valence-corrected chi connectivity index (χ4v) is 4.18. The number of para-hydroxylation sites is 1. The minimum absolute atomic E-state index is 0.317. The number of hydrogen-bond acceptors (Lipinski definition) is 8. The van der Waals surface area contributed by atoms with Crippen LogP contribution >= 0.6 is 22.9 Å². The van der Waals surface area contributed by atoms with Gasteiger partial charge in [-0.2, -0.15) is 0 Å². The van der Waals surface area contributed by atoms with E-state index in [9.17, 15) is 4.79 Å². The van der Waals surface area contributed by atoms with Gasteiger partial charge in [-0.25, -0.2) is 19.7 Å². The van der Waals surface area contributed by atoms with Crippen LogP contribution in [-0.4, -0.2) is 28.0 Å². The van der Waals surface area contributed by atoms with Gasteiger partial charge in [0.25, 0.3) is 0 Å². The predicted octanol–water partition coefficient (Wildman–Crippen LogP) is 5.40. The van der Waals surface area contributed by atoms with Gasteiger partial charge < -0.3 is 14.5 Å². The van der Waals surface area contributed by atoms with E-state index in [4.69, 9.17) is 20.8 Å². The Morgan fingerprint density at radius 3 is 2.79 bits per heavy atom. The third-order valence-corrected chi connectivity index (χ3v) is 5.53. The number of aryl methyl sites for hydroxylation is 2. The highest BCUT2D eigenvalue weighted by atomic mass is 35.5. The van der Waals surface area contributed by atoms with Crippen molar-refractivity contribution in [2.24, 2.45) is 0 Å². The van der Waals surface area contributed by atoms with E-state index in [2.05, 4.69) is 20.3 Å². The molecule has 0 saturated heterocycles. The minimum Gasteiger partial charge on any atom is -0.465 e. The molecular formula is C20H17ClN4O3S. The average molecular weight is 429 g/mol. The smallest absolute Gasteiger partial charge is 0.342 e. The second-order valence-electron chi connectivity index (χ2n) is 6.19. The first kappa shape index (κ1) is 19.4. The van der Waals surface area contributed by atoms with Crippen molar-refractivity contribution in [1.29, 1.82) is 0 Å². The molecule has 9 heteroatoms. The number of thiazole rings is 1. The first-order valence-electron chi connectivity index (χ1n) is 8.88. The number of methoxy groups -OCH3 is 1. The molecule has 0 spiro atoms. The molecule has 7 nitrogen and oxygen atoms in total. The number of esters is 1. The Bertz CT molecular complexity index is 1180. The summed E-state index contributed by atoms with van der Waals surface area (Å²) in [5.41, 5.74) is 1.69. The van der Waals surface area contributed by atoms with Crippen molar-refractivity contribution < 1.29 is 13.9 Å². The van der Waals surface area contributed by atoms with Crippen molar-refractivity contribution in [3.63, 3.8) is 0 Å². The van der Waals surface area contributed by atoms with Crippen LogP contribution in [-0.2, 0) is 11.2 Å². The lowest BCUT2D eigenvalue weighted by molar-refractivity contribution is 0.0599. The van der Waals surface area contributed by atoms with Gasteiger partial charge in [0.15, 0.2) is 0 Å². The van der Waals surface area contributed by atoms with E-state index in [1.165, 1.54) is 18.4 Å². The molecule has 0 unspecified atom stereocenters. The maximum absolute atomic E-state index is 12.5. The number of fused-ring (bicyclic) bond motifs is 1. The van der Waals surface area contributed by atoms with Crippen LogP contribution in [0.15, 0.2) is 34.7 Å². The third-order valence-electron chi connectivity index (χ3n) is 4.28. The Kier molecular flexibility index (Phi) is 5.21. The van der Waals surface area contributed by atoms with Gasteiger partial charge in [0.1, 0.15) is 33.1 Å². The van der Waals surface area contributed by atoms with Gasteiger partial charge in [0.2, 0.25) is 5.88 Å². The summed E-state index contributed by atoms with van der Waals surface area (Å²) in [5, 5.41) is 4.09. The zero-order chi connectivity index (χ0) is 20.5. The topological polar surface area (TPSA) is 90.1 Å². The van der Waals surface area contributed by atoms with Gasteiger partial charge in [-0.1, -0.05) is 30.7 Å². The molecule has 0 bridgehead atoms. The molecule has 1 aromatic carbocycles. The highest BCUT2D eigenvalue weighted by Crippen LogP contribution is 2.41. The Labute approximate surface area is 175 Å².